The number of amides is 1. The molecule has 0 aromatic rings. The molecule has 1 amide bonds. The monoisotopic (exact) mass is 1030 g/mol. The highest BCUT2D eigenvalue weighted by molar-refractivity contribution is 5.76. The van der Waals surface area contributed by atoms with Crippen molar-refractivity contribution in [3.63, 3.8) is 0 Å². The first kappa shape index (κ1) is 66.6. The molecule has 0 aliphatic carbocycles. The molecule has 72 heavy (non-hydrogen) atoms. The third-order valence-corrected chi connectivity index (χ3v) is 14.6. The van der Waals surface area contributed by atoms with Crippen molar-refractivity contribution in [1.29, 1.82) is 0 Å². The predicted octanol–water partition coefficient (Wildman–Crippen LogP) is 9.67. The normalized spacial score (nSPS) is 25.7. The maximum absolute atomic E-state index is 13.2. The quantitative estimate of drug-likeness (QED) is 0.0205. The first-order valence-corrected chi connectivity index (χ1v) is 29.6. The highest BCUT2D eigenvalue weighted by Gasteiger charge is 2.51. The lowest BCUT2D eigenvalue weighted by Gasteiger charge is -2.46. The minimum absolute atomic E-state index is 0.238. The zero-order chi connectivity index (χ0) is 52.4. The number of nitrogens with one attached hydrogen (secondary N) is 1. The number of carbonyl (C=O) groups is 1. The van der Waals surface area contributed by atoms with E-state index in [1.165, 1.54) is 180 Å². The van der Waals surface area contributed by atoms with Crippen LogP contribution in [0.15, 0.2) is 24.3 Å². The van der Waals surface area contributed by atoms with Gasteiger partial charge in [-0.3, -0.25) is 4.79 Å². The van der Waals surface area contributed by atoms with E-state index in [-0.39, 0.29) is 18.9 Å². The van der Waals surface area contributed by atoms with Gasteiger partial charge in [0.1, 0.15) is 48.8 Å². The topological polar surface area (TPSA) is 228 Å². The summed E-state index contributed by atoms with van der Waals surface area (Å²) in [6.45, 7) is 2.81. The molecule has 0 spiro atoms. The Balaban J connectivity index is 1.75. The fraction of sp³-hybridized carbons (Fsp3) is 0.914. The highest BCUT2D eigenvalue weighted by Crippen LogP contribution is 2.30. The number of aliphatic hydroxyl groups excluding tert-OH is 8. The van der Waals surface area contributed by atoms with Gasteiger partial charge in [-0.05, 0) is 44.9 Å². The van der Waals surface area contributed by atoms with Crippen LogP contribution in [0.1, 0.15) is 245 Å². The van der Waals surface area contributed by atoms with E-state index in [1.54, 1.807) is 6.08 Å². The Bertz CT molecular complexity index is 1300. The maximum atomic E-state index is 13.2. The van der Waals surface area contributed by atoms with E-state index < -0.39 is 86.8 Å². The summed E-state index contributed by atoms with van der Waals surface area (Å²) in [5, 5.41) is 87.0. The Morgan fingerprint density at radius 3 is 1.32 bits per heavy atom. The minimum atomic E-state index is -1.79. The van der Waals surface area contributed by atoms with Crippen LogP contribution in [-0.2, 0) is 23.7 Å². The fourth-order valence-electron chi connectivity index (χ4n) is 9.82. The van der Waals surface area contributed by atoms with Crippen LogP contribution in [0.2, 0.25) is 0 Å². The highest BCUT2D eigenvalue weighted by atomic mass is 16.7. The lowest BCUT2D eigenvalue weighted by atomic mass is 9.97. The van der Waals surface area contributed by atoms with Crippen LogP contribution in [0, 0.1) is 0 Å². The number of unbranched alkanes of at least 4 members (excludes halogenated alkanes) is 32. The lowest BCUT2D eigenvalue weighted by Crippen LogP contribution is -2.65. The lowest BCUT2D eigenvalue weighted by molar-refractivity contribution is -0.359. The summed E-state index contributed by atoms with van der Waals surface area (Å²) in [7, 11) is 0. The maximum Gasteiger partial charge on any atom is 0.220 e. The van der Waals surface area contributed by atoms with Gasteiger partial charge >= 0.3 is 0 Å². The Labute approximate surface area is 437 Å². The summed E-state index contributed by atoms with van der Waals surface area (Å²) in [4.78, 5) is 13.2. The molecule has 0 bridgehead atoms. The zero-order valence-corrected chi connectivity index (χ0v) is 45.4. The summed E-state index contributed by atoms with van der Waals surface area (Å²) >= 11 is 0. The van der Waals surface area contributed by atoms with Crippen LogP contribution in [0.3, 0.4) is 0 Å². The fourth-order valence-corrected chi connectivity index (χ4v) is 9.82. The van der Waals surface area contributed by atoms with E-state index >= 15 is 0 Å². The van der Waals surface area contributed by atoms with Crippen molar-refractivity contribution in [2.75, 3.05) is 19.8 Å². The molecule has 0 aromatic heterocycles. The van der Waals surface area contributed by atoms with Crippen LogP contribution in [0.5, 0.6) is 0 Å². The van der Waals surface area contributed by atoms with Crippen molar-refractivity contribution in [2.45, 2.75) is 319 Å². The average molecular weight is 1030 g/mol. The number of ether oxygens (including phenoxy) is 4. The van der Waals surface area contributed by atoms with Crippen molar-refractivity contribution in [3.8, 4) is 0 Å². The Morgan fingerprint density at radius 2 is 0.875 bits per heavy atom. The Kier molecular flexibility index (Phi) is 41.2. The number of hydrogen-bond donors (Lipinski definition) is 9. The average Bonchev–Trinajstić information content (AvgIpc) is 3.38. The zero-order valence-electron chi connectivity index (χ0n) is 45.4. The van der Waals surface area contributed by atoms with Crippen LogP contribution < -0.4 is 5.32 Å². The van der Waals surface area contributed by atoms with Gasteiger partial charge in [-0.15, -0.1) is 0 Å². The SMILES string of the molecule is CCCCCCCCCC/C=C\CCCCCCCCCCCCCC(=O)NC(COC1OC(CO)C(OC2OC(CO)C(O)C(O)C2O)C(O)C1O)C(O)/C=C/CCCCCCCCCCCCCCC. The van der Waals surface area contributed by atoms with Crippen molar-refractivity contribution in [2.24, 2.45) is 0 Å². The predicted molar refractivity (Wildman–Crippen MR) is 286 cm³/mol. The van der Waals surface area contributed by atoms with E-state index in [4.69, 9.17) is 18.9 Å². The minimum Gasteiger partial charge on any atom is -0.394 e. The first-order chi connectivity index (χ1) is 35.1. The molecule has 0 aromatic carbocycles. The molecule has 12 unspecified atom stereocenters. The standard InChI is InChI=1S/C58H109NO13/c1-3-5-7-9-11-13-15-17-19-20-21-22-23-24-25-26-28-30-32-34-36-38-40-42-50(63)59-46(47(62)41-39-37-35-33-31-29-27-18-16-14-12-10-8-6-4-2)45-69-57-55(68)53(66)56(49(44-61)71-57)72-58-54(67)52(65)51(64)48(43-60)70-58/h20-21,39,41,46-49,51-58,60-62,64-68H,3-19,22-38,40,42-45H2,1-2H3,(H,59,63)/b21-20-,41-39+. The van der Waals surface area contributed by atoms with Crippen LogP contribution >= 0.6 is 0 Å². The van der Waals surface area contributed by atoms with Gasteiger partial charge in [0.05, 0.1) is 32.0 Å². The van der Waals surface area contributed by atoms with Gasteiger partial charge < -0.3 is 65.1 Å². The number of rotatable bonds is 47. The second kappa shape index (κ2) is 44.6. The number of allylic oxidation sites excluding steroid dienone is 3. The molecular formula is C58H109NO13. The summed E-state index contributed by atoms with van der Waals surface area (Å²) < 4.78 is 22.8. The molecule has 14 nitrogen and oxygen atoms in total. The van der Waals surface area contributed by atoms with Crippen LogP contribution in [0.4, 0.5) is 0 Å². The number of aliphatic hydroxyl groups is 8. The van der Waals surface area contributed by atoms with Crippen LogP contribution in [-0.4, -0.2) is 140 Å². The van der Waals surface area contributed by atoms with E-state index in [1.807, 2.05) is 6.08 Å². The van der Waals surface area contributed by atoms with E-state index in [2.05, 4.69) is 31.3 Å². The molecular weight excluding hydrogens is 919 g/mol. The van der Waals surface area contributed by atoms with Crippen LogP contribution in [0.25, 0.3) is 0 Å². The van der Waals surface area contributed by atoms with E-state index in [0.29, 0.717) is 6.42 Å². The molecule has 2 rings (SSSR count). The van der Waals surface area contributed by atoms with Crippen molar-refractivity contribution < 1.29 is 64.6 Å². The Hall–Kier alpha value is -1.53. The summed E-state index contributed by atoms with van der Waals surface area (Å²) in [6.07, 6.45) is 35.0. The molecule has 0 saturated carbocycles. The molecule has 424 valence electrons. The summed E-state index contributed by atoms with van der Waals surface area (Å²) in [5.74, 6) is -0.238. The second-order valence-corrected chi connectivity index (χ2v) is 21.1. The van der Waals surface area contributed by atoms with Gasteiger partial charge in [0.15, 0.2) is 12.6 Å². The van der Waals surface area contributed by atoms with Crippen molar-refractivity contribution >= 4 is 5.91 Å². The van der Waals surface area contributed by atoms with Gasteiger partial charge in [0, 0.05) is 6.42 Å². The van der Waals surface area contributed by atoms with Gasteiger partial charge in [-0.1, -0.05) is 218 Å². The Morgan fingerprint density at radius 1 is 0.486 bits per heavy atom. The third-order valence-electron chi connectivity index (χ3n) is 14.6. The number of carbonyl (C=O) groups excluding carboxylic acids is 1. The van der Waals surface area contributed by atoms with Crippen molar-refractivity contribution in [3.05, 3.63) is 24.3 Å². The first-order valence-electron chi connectivity index (χ1n) is 29.6. The smallest absolute Gasteiger partial charge is 0.220 e. The molecule has 2 heterocycles. The third kappa shape index (κ3) is 30.3. The molecule has 2 aliphatic heterocycles. The molecule has 14 heteroatoms. The van der Waals surface area contributed by atoms with E-state index in [9.17, 15) is 45.6 Å². The van der Waals surface area contributed by atoms with Gasteiger partial charge in [-0.2, -0.15) is 0 Å². The molecule has 2 saturated heterocycles. The van der Waals surface area contributed by atoms with Gasteiger partial charge in [-0.25, -0.2) is 0 Å². The molecule has 12 atom stereocenters. The largest absolute Gasteiger partial charge is 0.394 e. The summed E-state index contributed by atoms with van der Waals surface area (Å²) in [5.41, 5.74) is 0. The second-order valence-electron chi connectivity index (χ2n) is 21.1. The molecule has 2 fully saturated rings. The van der Waals surface area contributed by atoms with Crippen molar-refractivity contribution in [1.82, 2.24) is 5.32 Å². The van der Waals surface area contributed by atoms with Gasteiger partial charge in [0.25, 0.3) is 0 Å². The summed E-state index contributed by atoms with van der Waals surface area (Å²) in [6, 6.07) is -0.912. The van der Waals surface area contributed by atoms with Gasteiger partial charge in [0.2, 0.25) is 5.91 Å². The molecule has 9 N–H and O–H groups in total. The molecule has 2 aliphatic rings. The van der Waals surface area contributed by atoms with E-state index in [0.717, 1.165) is 38.5 Å². The number of hydrogen-bond acceptors (Lipinski definition) is 13. The molecule has 0 radical (unpaired) electrons.